The van der Waals surface area contributed by atoms with Crippen LogP contribution in [-0.4, -0.2) is 57.0 Å². The van der Waals surface area contributed by atoms with Gasteiger partial charge >= 0.3 is 0 Å². The molecule has 36 heavy (non-hydrogen) atoms. The van der Waals surface area contributed by atoms with Crippen molar-refractivity contribution in [3.63, 3.8) is 0 Å². The fourth-order valence-electron chi connectivity index (χ4n) is 4.04. The van der Waals surface area contributed by atoms with Gasteiger partial charge in [-0.1, -0.05) is 31.2 Å². The molecule has 10 heteroatoms. The number of rotatable bonds is 12. The molecule has 2 aromatic carbocycles. The van der Waals surface area contributed by atoms with Gasteiger partial charge in [0.25, 0.3) is 0 Å². The quantitative estimate of drug-likeness (QED) is 0.449. The number of nitrogens with zero attached hydrogens (tertiary/aromatic N) is 1. The van der Waals surface area contributed by atoms with E-state index in [1.807, 2.05) is 0 Å². The second kappa shape index (κ2) is 12.9. The summed E-state index contributed by atoms with van der Waals surface area (Å²) in [5, 5.41) is 2.88. The van der Waals surface area contributed by atoms with Crippen LogP contribution < -0.4 is 10.0 Å². The fourth-order valence-corrected chi connectivity index (χ4v) is 5.08. The summed E-state index contributed by atoms with van der Waals surface area (Å²) in [6.07, 6.45) is 2.35. The molecule has 2 N–H and O–H groups in total. The Labute approximate surface area is 212 Å². The Kier molecular flexibility index (Phi) is 9.98. The number of aryl methyl sites for hydroxylation is 1. The van der Waals surface area contributed by atoms with Gasteiger partial charge in [-0.2, -0.15) is 0 Å². The Morgan fingerprint density at radius 1 is 1.11 bits per heavy atom. The smallest absolute Gasteiger partial charge is 0.242 e. The molecule has 2 amide bonds. The van der Waals surface area contributed by atoms with Crippen molar-refractivity contribution in [1.29, 1.82) is 0 Å². The van der Waals surface area contributed by atoms with Crippen molar-refractivity contribution < 1.29 is 27.1 Å². The maximum Gasteiger partial charge on any atom is 0.242 e. The molecule has 1 saturated heterocycles. The number of benzene rings is 2. The highest BCUT2D eigenvalue weighted by atomic mass is 32.2. The van der Waals surface area contributed by atoms with Crippen LogP contribution in [0.1, 0.15) is 44.2 Å². The minimum atomic E-state index is -3.55. The van der Waals surface area contributed by atoms with Gasteiger partial charge in [0.1, 0.15) is 11.9 Å². The summed E-state index contributed by atoms with van der Waals surface area (Å²) in [7, 11) is -3.55. The molecule has 8 nitrogen and oxygen atoms in total. The lowest BCUT2D eigenvalue weighted by Gasteiger charge is -2.29. The number of amides is 2. The molecule has 0 aromatic heterocycles. The van der Waals surface area contributed by atoms with Gasteiger partial charge in [-0.25, -0.2) is 17.5 Å². The lowest BCUT2D eigenvalue weighted by Crippen LogP contribution is -2.49. The zero-order valence-corrected chi connectivity index (χ0v) is 21.5. The van der Waals surface area contributed by atoms with Gasteiger partial charge in [-0.15, -0.1) is 0 Å². The maximum atomic E-state index is 13.4. The topological polar surface area (TPSA) is 105 Å². The summed E-state index contributed by atoms with van der Waals surface area (Å²) in [6, 6.07) is 11.5. The Morgan fingerprint density at radius 3 is 2.39 bits per heavy atom. The summed E-state index contributed by atoms with van der Waals surface area (Å²) in [5.41, 5.74) is 1.51. The van der Waals surface area contributed by atoms with Crippen LogP contribution >= 0.6 is 0 Å². The molecule has 1 aliphatic rings. The van der Waals surface area contributed by atoms with Crippen LogP contribution in [0.5, 0.6) is 0 Å². The Hall–Kier alpha value is -2.82. The minimum Gasteiger partial charge on any atom is -0.376 e. The average Bonchev–Trinajstić information content (AvgIpc) is 3.39. The van der Waals surface area contributed by atoms with Gasteiger partial charge in [-0.05, 0) is 61.6 Å². The molecule has 3 rings (SSSR count). The van der Waals surface area contributed by atoms with Crippen LogP contribution in [0.15, 0.2) is 53.4 Å². The van der Waals surface area contributed by atoms with Gasteiger partial charge in [0.2, 0.25) is 21.8 Å². The molecule has 2 aromatic rings. The van der Waals surface area contributed by atoms with E-state index in [1.54, 1.807) is 38.1 Å². The van der Waals surface area contributed by atoms with Gasteiger partial charge in [-0.3, -0.25) is 9.59 Å². The molecule has 0 spiro atoms. The number of ether oxygens (including phenoxy) is 1. The van der Waals surface area contributed by atoms with Crippen molar-refractivity contribution in [2.24, 2.45) is 0 Å². The molecule has 1 fully saturated rings. The Bertz CT molecular complexity index is 1120. The molecule has 0 aliphatic carbocycles. The van der Waals surface area contributed by atoms with Crippen molar-refractivity contribution >= 4 is 21.8 Å². The first-order chi connectivity index (χ1) is 17.2. The first kappa shape index (κ1) is 27.8. The van der Waals surface area contributed by atoms with Crippen LogP contribution in [-0.2, 0) is 37.3 Å². The molecule has 1 heterocycles. The Morgan fingerprint density at radius 2 is 1.78 bits per heavy atom. The fraction of sp³-hybridized carbons (Fsp3) is 0.462. The normalized spacial score (nSPS) is 16.5. The lowest BCUT2D eigenvalue weighted by molar-refractivity contribution is -0.140. The summed E-state index contributed by atoms with van der Waals surface area (Å²) < 4.78 is 45.6. The summed E-state index contributed by atoms with van der Waals surface area (Å²) >= 11 is 0. The third-order valence-corrected chi connectivity index (χ3v) is 7.72. The monoisotopic (exact) mass is 519 g/mol. The van der Waals surface area contributed by atoms with Crippen molar-refractivity contribution in [3.05, 3.63) is 65.5 Å². The molecular formula is C26H34FN3O5S. The van der Waals surface area contributed by atoms with Crippen molar-refractivity contribution in [2.45, 2.75) is 63.1 Å². The average molecular weight is 520 g/mol. The number of carbonyl (C=O) groups excluding carboxylic acids is 2. The SMILES string of the molecule is CCNS(=O)(=O)c1ccc(CCC(=O)N(Cc2ccc(F)cc2)[C@H](C)C(=O)NC[C@@H]2CCCO2)cc1. The number of carbonyl (C=O) groups is 2. The highest BCUT2D eigenvalue weighted by Gasteiger charge is 2.27. The largest absolute Gasteiger partial charge is 0.376 e. The first-order valence-corrected chi connectivity index (χ1v) is 13.7. The van der Waals surface area contributed by atoms with E-state index in [9.17, 15) is 22.4 Å². The van der Waals surface area contributed by atoms with Gasteiger partial charge in [0, 0.05) is 32.7 Å². The number of nitrogens with one attached hydrogen (secondary N) is 2. The summed E-state index contributed by atoms with van der Waals surface area (Å²) in [4.78, 5) is 27.8. The van der Waals surface area contributed by atoms with Crippen LogP contribution in [0.25, 0.3) is 0 Å². The van der Waals surface area contributed by atoms with E-state index in [4.69, 9.17) is 4.74 Å². The zero-order valence-electron chi connectivity index (χ0n) is 20.7. The van der Waals surface area contributed by atoms with E-state index in [1.165, 1.54) is 29.2 Å². The van der Waals surface area contributed by atoms with Crippen molar-refractivity contribution in [2.75, 3.05) is 19.7 Å². The molecular weight excluding hydrogens is 485 g/mol. The minimum absolute atomic E-state index is 0.0123. The van der Waals surface area contributed by atoms with Crippen LogP contribution in [0.4, 0.5) is 4.39 Å². The third-order valence-electron chi connectivity index (χ3n) is 6.16. The highest BCUT2D eigenvalue weighted by Crippen LogP contribution is 2.16. The summed E-state index contributed by atoms with van der Waals surface area (Å²) in [5.74, 6) is -0.888. The van der Waals surface area contributed by atoms with Gasteiger partial charge < -0.3 is 15.0 Å². The van der Waals surface area contributed by atoms with Crippen molar-refractivity contribution in [3.8, 4) is 0 Å². The van der Waals surface area contributed by atoms with E-state index in [-0.39, 0.29) is 41.6 Å². The third kappa shape index (κ3) is 7.84. The van der Waals surface area contributed by atoms with Crippen LogP contribution in [0.3, 0.4) is 0 Å². The van der Waals surface area contributed by atoms with E-state index < -0.39 is 16.1 Å². The van der Waals surface area contributed by atoms with Gasteiger partial charge in [0.05, 0.1) is 11.0 Å². The van der Waals surface area contributed by atoms with E-state index in [0.717, 1.165) is 18.4 Å². The second-order valence-corrected chi connectivity index (χ2v) is 10.6. The second-order valence-electron chi connectivity index (χ2n) is 8.85. The van der Waals surface area contributed by atoms with E-state index in [2.05, 4.69) is 10.0 Å². The van der Waals surface area contributed by atoms with E-state index >= 15 is 0 Å². The summed E-state index contributed by atoms with van der Waals surface area (Å²) in [6.45, 7) is 4.91. The number of sulfonamides is 1. The predicted molar refractivity (Wildman–Crippen MR) is 134 cm³/mol. The molecule has 0 radical (unpaired) electrons. The lowest BCUT2D eigenvalue weighted by atomic mass is 10.1. The maximum absolute atomic E-state index is 13.4. The zero-order chi connectivity index (χ0) is 26.1. The first-order valence-electron chi connectivity index (χ1n) is 12.2. The van der Waals surface area contributed by atoms with Crippen LogP contribution in [0, 0.1) is 5.82 Å². The van der Waals surface area contributed by atoms with Gasteiger partial charge in [0.15, 0.2) is 0 Å². The number of hydrogen-bond donors (Lipinski definition) is 2. The highest BCUT2D eigenvalue weighted by molar-refractivity contribution is 7.89. The molecule has 0 bridgehead atoms. The van der Waals surface area contributed by atoms with E-state index in [0.29, 0.717) is 31.7 Å². The van der Waals surface area contributed by atoms with Crippen LogP contribution in [0.2, 0.25) is 0 Å². The molecule has 0 unspecified atom stereocenters. The standard InChI is InChI=1S/C26H34FN3O5S/c1-3-29-36(33,34)24-13-8-20(9-14-24)10-15-25(31)30(18-21-6-11-22(27)12-7-21)19(2)26(32)28-17-23-5-4-16-35-23/h6-9,11-14,19,23,29H,3-5,10,15-18H2,1-2H3,(H,28,32)/t19-,23+/m1/s1. The Balaban J connectivity index is 1.66. The van der Waals surface area contributed by atoms with Crippen molar-refractivity contribution in [1.82, 2.24) is 14.9 Å². The molecule has 2 atom stereocenters. The molecule has 1 aliphatic heterocycles. The number of halogens is 1. The predicted octanol–water partition coefficient (Wildman–Crippen LogP) is 2.77. The molecule has 0 saturated carbocycles. The number of hydrogen-bond acceptors (Lipinski definition) is 5. The molecule has 196 valence electrons.